The van der Waals surface area contributed by atoms with Crippen LogP contribution in [-0.2, 0) is 0 Å². The molecular formula is C16H13NO3S3. The maximum Gasteiger partial charge on any atom is 0.261 e. The number of ketones is 1. The molecule has 0 aliphatic carbocycles. The van der Waals surface area contributed by atoms with Gasteiger partial charge >= 0.3 is 0 Å². The summed E-state index contributed by atoms with van der Waals surface area (Å²) in [5.74, 6) is -0.295. The van der Waals surface area contributed by atoms with Crippen LogP contribution in [0.5, 0.6) is 5.06 Å². The highest BCUT2D eigenvalue weighted by atomic mass is 32.2. The monoisotopic (exact) mass is 363 g/mol. The maximum absolute atomic E-state index is 12.5. The number of carbonyl (C=O) groups excluding carboxylic acids is 1. The van der Waals surface area contributed by atoms with E-state index < -0.39 is 0 Å². The minimum absolute atomic E-state index is 0.197. The highest BCUT2D eigenvalue weighted by Gasteiger charge is 2.17. The number of ether oxygens (including phenoxy) is 1. The van der Waals surface area contributed by atoms with Gasteiger partial charge in [0.05, 0.1) is 7.11 Å². The number of nitrogens with one attached hydrogen (secondary N) is 1. The number of aromatic amines is 1. The zero-order valence-corrected chi connectivity index (χ0v) is 14.9. The summed E-state index contributed by atoms with van der Waals surface area (Å²) in [6.07, 6.45) is 5.02. The van der Waals surface area contributed by atoms with Gasteiger partial charge in [-0.2, -0.15) is 0 Å². The van der Waals surface area contributed by atoms with Crippen molar-refractivity contribution in [1.29, 1.82) is 0 Å². The molecule has 7 heteroatoms. The molecule has 3 aromatic rings. The van der Waals surface area contributed by atoms with Gasteiger partial charge in [-0.15, -0.1) is 23.1 Å². The zero-order valence-electron chi connectivity index (χ0n) is 12.4. The van der Waals surface area contributed by atoms with Crippen molar-refractivity contribution in [1.82, 2.24) is 4.98 Å². The predicted octanol–water partition coefficient (Wildman–Crippen LogP) is 4.28. The molecule has 3 rings (SSSR count). The Bertz CT molecular complexity index is 949. The third-order valence-corrected chi connectivity index (χ3v) is 5.92. The van der Waals surface area contributed by atoms with E-state index in [9.17, 15) is 9.59 Å². The van der Waals surface area contributed by atoms with Crippen molar-refractivity contribution in [2.24, 2.45) is 0 Å². The average molecular weight is 363 g/mol. The summed E-state index contributed by atoms with van der Waals surface area (Å²) in [5, 5.41) is 3.60. The largest absolute Gasteiger partial charge is 0.487 e. The van der Waals surface area contributed by atoms with Gasteiger partial charge in [-0.05, 0) is 42.0 Å². The number of pyridine rings is 1. The standard InChI is InChI=1S/C16H13NO3S3/c1-20-12-6-4-9(23-12)3-5-11(18)13-14(21-2)10-7-8-22-16(10)17-15(13)19/h3-8H,1-2H3,(H,17,19)/b5-3+. The first kappa shape index (κ1) is 16.0. The SMILES string of the molecule is COc1ccc(/C=C/C(=O)c2c(SC)c3ccsc3[nH]c2=O)s1. The van der Waals surface area contributed by atoms with Crippen LogP contribution in [-0.4, -0.2) is 24.1 Å². The van der Waals surface area contributed by atoms with E-state index >= 15 is 0 Å². The Morgan fingerprint density at radius 1 is 1.35 bits per heavy atom. The van der Waals surface area contributed by atoms with E-state index in [-0.39, 0.29) is 16.9 Å². The molecule has 0 saturated carbocycles. The first-order chi connectivity index (χ1) is 11.1. The lowest BCUT2D eigenvalue weighted by Gasteiger charge is -2.04. The van der Waals surface area contributed by atoms with E-state index in [2.05, 4.69) is 4.98 Å². The summed E-state index contributed by atoms with van der Waals surface area (Å²) >= 11 is 4.31. The molecule has 4 nitrogen and oxygen atoms in total. The summed E-state index contributed by atoms with van der Waals surface area (Å²) in [7, 11) is 1.60. The number of aromatic nitrogens is 1. The Kier molecular flexibility index (Phi) is 4.70. The van der Waals surface area contributed by atoms with E-state index in [1.807, 2.05) is 29.8 Å². The smallest absolute Gasteiger partial charge is 0.261 e. The minimum atomic E-state index is -0.345. The van der Waals surface area contributed by atoms with E-state index in [1.165, 1.54) is 40.5 Å². The Labute approximate surface area is 144 Å². The maximum atomic E-state index is 12.5. The van der Waals surface area contributed by atoms with Crippen LogP contribution in [0.25, 0.3) is 16.3 Å². The van der Waals surface area contributed by atoms with Gasteiger partial charge in [0.1, 0.15) is 10.4 Å². The van der Waals surface area contributed by atoms with Crippen molar-refractivity contribution in [2.75, 3.05) is 13.4 Å². The van der Waals surface area contributed by atoms with Gasteiger partial charge in [0, 0.05) is 15.2 Å². The lowest BCUT2D eigenvalue weighted by molar-refractivity contribution is 0.104. The van der Waals surface area contributed by atoms with Gasteiger partial charge in [0.15, 0.2) is 10.8 Å². The lowest BCUT2D eigenvalue weighted by atomic mass is 10.1. The second-order valence-electron chi connectivity index (χ2n) is 4.58. The number of thiophene rings is 2. The topological polar surface area (TPSA) is 59.2 Å². The summed E-state index contributed by atoms with van der Waals surface area (Å²) in [5.41, 5.74) is -0.147. The highest BCUT2D eigenvalue weighted by Crippen LogP contribution is 2.30. The van der Waals surface area contributed by atoms with Crippen molar-refractivity contribution in [3.63, 3.8) is 0 Å². The molecular weight excluding hydrogens is 350 g/mol. The number of H-pyrrole nitrogens is 1. The Balaban J connectivity index is 2.00. The molecule has 0 bridgehead atoms. The molecule has 0 atom stereocenters. The minimum Gasteiger partial charge on any atom is -0.487 e. The van der Waals surface area contributed by atoms with Crippen LogP contribution in [0.1, 0.15) is 15.2 Å². The van der Waals surface area contributed by atoms with E-state index in [0.717, 1.165) is 25.1 Å². The molecule has 0 aliphatic heterocycles. The van der Waals surface area contributed by atoms with Gasteiger partial charge in [-0.3, -0.25) is 9.59 Å². The number of allylic oxidation sites excluding steroid dienone is 1. The molecule has 118 valence electrons. The van der Waals surface area contributed by atoms with Crippen molar-refractivity contribution < 1.29 is 9.53 Å². The molecule has 3 heterocycles. The number of fused-ring (bicyclic) bond motifs is 1. The first-order valence-corrected chi connectivity index (χ1v) is 9.60. The van der Waals surface area contributed by atoms with E-state index in [1.54, 1.807) is 13.2 Å². The van der Waals surface area contributed by atoms with E-state index in [0.29, 0.717) is 0 Å². The highest BCUT2D eigenvalue weighted by molar-refractivity contribution is 7.99. The summed E-state index contributed by atoms with van der Waals surface area (Å²) in [4.78, 5) is 30.0. The van der Waals surface area contributed by atoms with Gasteiger partial charge in [0.2, 0.25) is 0 Å². The third kappa shape index (κ3) is 3.12. The number of rotatable bonds is 5. The van der Waals surface area contributed by atoms with Crippen LogP contribution >= 0.6 is 34.4 Å². The van der Waals surface area contributed by atoms with Crippen molar-refractivity contribution in [3.8, 4) is 5.06 Å². The Morgan fingerprint density at radius 3 is 2.87 bits per heavy atom. The number of methoxy groups -OCH3 is 1. The lowest BCUT2D eigenvalue weighted by Crippen LogP contribution is -2.17. The van der Waals surface area contributed by atoms with Crippen molar-refractivity contribution >= 4 is 56.5 Å². The zero-order chi connectivity index (χ0) is 16.4. The third-order valence-electron chi connectivity index (χ3n) is 3.24. The van der Waals surface area contributed by atoms with Crippen molar-refractivity contribution in [2.45, 2.75) is 4.90 Å². The molecule has 0 spiro atoms. The van der Waals surface area contributed by atoms with Crippen LogP contribution in [0.15, 0.2) is 39.3 Å². The second kappa shape index (κ2) is 6.74. The van der Waals surface area contributed by atoms with Crippen LogP contribution in [0.3, 0.4) is 0 Å². The Hall–Kier alpha value is -1.83. The molecule has 23 heavy (non-hydrogen) atoms. The van der Waals surface area contributed by atoms with Gasteiger partial charge in [-0.1, -0.05) is 11.3 Å². The first-order valence-electron chi connectivity index (χ1n) is 6.67. The summed E-state index contributed by atoms with van der Waals surface area (Å²) in [6.45, 7) is 0. The molecule has 1 N–H and O–H groups in total. The normalized spacial score (nSPS) is 11.4. The molecule has 0 aromatic carbocycles. The van der Waals surface area contributed by atoms with Crippen LogP contribution in [0, 0.1) is 0 Å². The molecule has 0 radical (unpaired) electrons. The molecule has 0 fully saturated rings. The van der Waals surface area contributed by atoms with Gasteiger partial charge in [-0.25, -0.2) is 0 Å². The summed E-state index contributed by atoms with van der Waals surface area (Å²) < 4.78 is 5.12. The summed E-state index contributed by atoms with van der Waals surface area (Å²) in [6, 6.07) is 5.63. The predicted molar refractivity (Wildman–Crippen MR) is 98.5 cm³/mol. The quantitative estimate of drug-likeness (QED) is 0.418. The van der Waals surface area contributed by atoms with Crippen LogP contribution < -0.4 is 10.3 Å². The van der Waals surface area contributed by atoms with E-state index in [4.69, 9.17) is 4.74 Å². The van der Waals surface area contributed by atoms with Crippen LogP contribution in [0.2, 0.25) is 0 Å². The fourth-order valence-corrected chi connectivity index (χ4v) is 4.56. The number of thioether (sulfide) groups is 1. The molecule has 3 aromatic heterocycles. The fourth-order valence-electron chi connectivity index (χ4n) is 2.20. The Morgan fingerprint density at radius 2 is 2.17 bits per heavy atom. The number of carbonyl (C=O) groups is 1. The van der Waals surface area contributed by atoms with Gasteiger partial charge in [0.25, 0.3) is 5.56 Å². The second-order valence-corrected chi connectivity index (χ2v) is 7.39. The molecule has 0 saturated heterocycles. The van der Waals surface area contributed by atoms with Crippen molar-refractivity contribution in [3.05, 3.63) is 50.4 Å². The molecule has 0 aliphatic rings. The average Bonchev–Trinajstić information content (AvgIpc) is 3.19. The molecule has 0 amide bonds. The number of hydrogen-bond donors (Lipinski definition) is 1. The molecule has 0 unspecified atom stereocenters. The van der Waals surface area contributed by atoms with Crippen LogP contribution in [0.4, 0.5) is 0 Å². The number of hydrogen-bond acceptors (Lipinski definition) is 6. The fraction of sp³-hybridized carbons (Fsp3) is 0.125. The van der Waals surface area contributed by atoms with Gasteiger partial charge < -0.3 is 9.72 Å².